The topological polar surface area (TPSA) is 40.5 Å². The van der Waals surface area contributed by atoms with Crippen LogP contribution in [0.5, 0.6) is 0 Å². The third kappa shape index (κ3) is 2.47. The van der Waals surface area contributed by atoms with E-state index in [0.29, 0.717) is 23.3 Å². The smallest absolute Gasteiger partial charge is 0.335 e. The molecule has 0 fully saturated rings. The van der Waals surface area contributed by atoms with E-state index in [9.17, 15) is 9.90 Å². The minimum absolute atomic E-state index is 0.266. The average molecular weight is 404 g/mol. The van der Waals surface area contributed by atoms with E-state index < -0.39 is 5.97 Å². The Balaban J connectivity index is 1.59. The average Bonchev–Trinajstić information content (AvgIpc) is 3.38. The maximum absolute atomic E-state index is 11.9. The Morgan fingerprint density at radius 1 is 1.00 bits per heavy atom. The minimum Gasteiger partial charge on any atom is -0.478 e. The molecule has 2 aromatic carbocycles. The van der Waals surface area contributed by atoms with Crippen LogP contribution in [0.2, 0.25) is 5.02 Å². The van der Waals surface area contributed by atoms with Gasteiger partial charge in [0.1, 0.15) is 0 Å². The summed E-state index contributed by atoms with van der Waals surface area (Å²) in [6, 6.07) is 12.5. The molecule has 2 aliphatic carbocycles. The number of carboxylic acid groups (broad SMARTS) is 1. The third-order valence-electron chi connectivity index (χ3n) is 7.31. The van der Waals surface area contributed by atoms with Gasteiger partial charge in [-0.2, -0.15) is 0 Å². The fourth-order valence-corrected chi connectivity index (χ4v) is 6.26. The number of halogens is 1. The molecule has 1 N–H and O–H groups in total. The van der Waals surface area contributed by atoms with Crippen molar-refractivity contribution < 1.29 is 9.90 Å². The van der Waals surface area contributed by atoms with Crippen LogP contribution in [0.15, 0.2) is 60.7 Å². The van der Waals surface area contributed by atoms with Gasteiger partial charge in [-0.25, -0.2) is 4.79 Å². The summed E-state index contributed by atoms with van der Waals surface area (Å²) in [7, 11) is 0. The molecule has 4 heteroatoms. The predicted molar refractivity (Wildman–Crippen MR) is 115 cm³/mol. The summed E-state index contributed by atoms with van der Waals surface area (Å²) in [6.07, 6.45) is 11.2. The Kier molecular flexibility index (Phi) is 3.73. The van der Waals surface area contributed by atoms with Crippen LogP contribution in [0.4, 0.5) is 5.69 Å². The summed E-state index contributed by atoms with van der Waals surface area (Å²) >= 11 is 6.18. The van der Waals surface area contributed by atoms with Gasteiger partial charge in [0.2, 0.25) is 0 Å². The summed E-state index contributed by atoms with van der Waals surface area (Å²) in [4.78, 5) is 14.5. The Morgan fingerprint density at radius 3 is 2.45 bits per heavy atom. The van der Waals surface area contributed by atoms with Crippen LogP contribution >= 0.6 is 11.6 Å². The van der Waals surface area contributed by atoms with E-state index in [1.807, 2.05) is 24.3 Å². The molecule has 2 heterocycles. The van der Waals surface area contributed by atoms with Crippen molar-refractivity contribution in [1.29, 1.82) is 0 Å². The number of carbonyl (C=O) groups is 1. The van der Waals surface area contributed by atoms with E-state index in [1.54, 1.807) is 0 Å². The number of aromatic carboxylic acids is 1. The quantitative estimate of drug-likeness (QED) is 0.631. The number of allylic oxidation sites excluding steroid dienone is 4. The van der Waals surface area contributed by atoms with Gasteiger partial charge in [-0.3, -0.25) is 0 Å². The van der Waals surface area contributed by atoms with E-state index in [1.165, 1.54) is 22.4 Å². The minimum atomic E-state index is -0.835. The van der Waals surface area contributed by atoms with Gasteiger partial charge in [-0.1, -0.05) is 48.0 Å². The molecular formula is C25H22ClNO2. The van der Waals surface area contributed by atoms with Gasteiger partial charge in [-0.15, -0.1) is 0 Å². The molecule has 5 atom stereocenters. The highest BCUT2D eigenvalue weighted by atomic mass is 35.5. The molecule has 2 aromatic rings. The fourth-order valence-electron chi connectivity index (χ4n) is 6.14. The zero-order valence-electron chi connectivity index (χ0n) is 16.0. The Labute approximate surface area is 175 Å². The van der Waals surface area contributed by atoms with Crippen molar-refractivity contribution in [3.05, 3.63) is 88.0 Å². The Hall–Kier alpha value is -2.52. The van der Waals surface area contributed by atoms with E-state index in [2.05, 4.69) is 41.3 Å². The molecule has 0 aromatic heterocycles. The van der Waals surface area contributed by atoms with Gasteiger partial charge >= 0.3 is 5.97 Å². The van der Waals surface area contributed by atoms with Crippen molar-refractivity contribution in [1.82, 2.24) is 0 Å². The Morgan fingerprint density at radius 2 is 1.69 bits per heavy atom. The second kappa shape index (κ2) is 6.24. The third-order valence-corrected chi connectivity index (χ3v) is 7.56. The number of hydrogen-bond donors (Lipinski definition) is 1. The standard InChI is InChI=1S/C25H22ClNO2/c26-17-9-7-14(8-10-17)23-20-6-2-5-19(20)22-12-16(25(28)29)11-21-18-4-1-3-15(18)13-27(23)24(21)22/h1-2,4-5,7-12,15,18-20,23H,3,6,13H2,(H,28,29)/t15-,18+,19+,20-,23+/m0/s1. The highest BCUT2D eigenvalue weighted by molar-refractivity contribution is 6.30. The van der Waals surface area contributed by atoms with Crippen molar-refractivity contribution in [3.63, 3.8) is 0 Å². The first-order valence-electron chi connectivity index (χ1n) is 10.4. The molecule has 0 amide bonds. The van der Waals surface area contributed by atoms with Crippen LogP contribution in [0.3, 0.4) is 0 Å². The van der Waals surface area contributed by atoms with Crippen LogP contribution in [0.25, 0.3) is 0 Å². The zero-order chi connectivity index (χ0) is 19.7. The van der Waals surface area contributed by atoms with Gasteiger partial charge in [0.15, 0.2) is 0 Å². The van der Waals surface area contributed by atoms with Gasteiger partial charge < -0.3 is 10.0 Å². The number of carboxylic acids is 1. The van der Waals surface area contributed by atoms with Crippen LogP contribution < -0.4 is 4.90 Å². The van der Waals surface area contributed by atoms with Crippen LogP contribution in [-0.4, -0.2) is 17.6 Å². The monoisotopic (exact) mass is 403 g/mol. The van der Waals surface area contributed by atoms with E-state index in [-0.39, 0.29) is 12.0 Å². The molecule has 0 radical (unpaired) electrons. The number of benzene rings is 2. The molecule has 0 bridgehead atoms. The molecule has 29 heavy (non-hydrogen) atoms. The number of hydrogen-bond acceptors (Lipinski definition) is 2. The number of rotatable bonds is 2. The van der Waals surface area contributed by atoms with Crippen molar-refractivity contribution >= 4 is 23.3 Å². The van der Waals surface area contributed by atoms with Gasteiger partial charge in [0.25, 0.3) is 0 Å². The Bertz CT molecular complexity index is 1050. The molecule has 2 aliphatic heterocycles. The summed E-state index contributed by atoms with van der Waals surface area (Å²) in [5.41, 5.74) is 5.39. The molecule has 3 nitrogen and oxygen atoms in total. The molecule has 0 unspecified atom stereocenters. The molecule has 4 aliphatic rings. The van der Waals surface area contributed by atoms with Gasteiger partial charge in [0, 0.05) is 29.1 Å². The largest absolute Gasteiger partial charge is 0.478 e. The number of anilines is 1. The van der Waals surface area contributed by atoms with E-state index >= 15 is 0 Å². The van der Waals surface area contributed by atoms with Crippen molar-refractivity contribution in [2.24, 2.45) is 11.8 Å². The normalized spacial score (nSPS) is 30.8. The lowest BCUT2D eigenvalue weighted by atomic mass is 9.70. The summed E-state index contributed by atoms with van der Waals surface area (Å²) in [6.45, 7) is 1.01. The SMILES string of the molecule is O=C(O)c1cc2c3c(c1)[C@@H]1C=CC[C@@H]1[C@@H](c1ccc(Cl)cc1)N3C[C@@H]1CC=C[C@@H]21. The second-order valence-corrected chi connectivity index (χ2v) is 9.20. The lowest BCUT2D eigenvalue weighted by Gasteiger charge is -2.51. The zero-order valence-corrected chi connectivity index (χ0v) is 16.7. The molecule has 0 saturated carbocycles. The summed E-state index contributed by atoms with van der Waals surface area (Å²) < 4.78 is 0. The molecular weight excluding hydrogens is 382 g/mol. The first kappa shape index (κ1) is 17.3. The molecule has 0 spiro atoms. The first-order valence-corrected chi connectivity index (χ1v) is 10.8. The predicted octanol–water partition coefficient (Wildman–Crippen LogP) is 5.93. The van der Waals surface area contributed by atoms with Gasteiger partial charge in [0.05, 0.1) is 11.6 Å². The van der Waals surface area contributed by atoms with Crippen LogP contribution in [0, 0.1) is 11.8 Å². The molecule has 6 rings (SSSR count). The maximum Gasteiger partial charge on any atom is 0.335 e. The second-order valence-electron chi connectivity index (χ2n) is 8.76. The molecule has 146 valence electrons. The number of fused-ring (bicyclic) bond motifs is 4. The maximum atomic E-state index is 11.9. The van der Waals surface area contributed by atoms with Crippen LogP contribution in [0.1, 0.15) is 57.8 Å². The van der Waals surface area contributed by atoms with Crippen molar-refractivity contribution in [2.45, 2.75) is 30.7 Å². The first-order chi connectivity index (χ1) is 14.1. The fraction of sp³-hybridized carbons (Fsp3) is 0.320. The summed E-state index contributed by atoms with van der Waals surface area (Å²) in [5.74, 6) is 0.693. The molecule has 0 saturated heterocycles. The summed E-state index contributed by atoms with van der Waals surface area (Å²) in [5, 5.41) is 10.5. The van der Waals surface area contributed by atoms with Crippen molar-refractivity contribution in [3.8, 4) is 0 Å². The lowest BCUT2D eigenvalue weighted by Crippen LogP contribution is -2.46. The number of nitrogens with zero attached hydrogens (tertiary/aromatic N) is 1. The lowest BCUT2D eigenvalue weighted by molar-refractivity contribution is 0.0696. The highest BCUT2D eigenvalue weighted by Crippen LogP contribution is 2.58. The van der Waals surface area contributed by atoms with E-state index in [4.69, 9.17) is 11.6 Å². The van der Waals surface area contributed by atoms with Gasteiger partial charge in [-0.05, 0) is 65.6 Å². The van der Waals surface area contributed by atoms with Crippen molar-refractivity contribution in [2.75, 3.05) is 11.4 Å². The van der Waals surface area contributed by atoms with E-state index in [0.717, 1.165) is 24.4 Å². The highest BCUT2D eigenvalue weighted by Gasteiger charge is 2.48. The van der Waals surface area contributed by atoms with Crippen LogP contribution in [-0.2, 0) is 0 Å².